The van der Waals surface area contributed by atoms with Gasteiger partial charge < -0.3 is 5.11 Å². The van der Waals surface area contributed by atoms with Gasteiger partial charge in [0.15, 0.2) is 0 Å². The van der Waals surface area contributed by atoms with Crippen molar-refractivity contribution in [3.05, 3.63) is 41.3 Å². The summed E-state index contributed by atoms with van der Waals surface area (Å²) in [6, 6.07) is 5.87. The molecule has 0 atom stereocenters. The largest absolute Gasteiger partial charge is 0.507 e. The Morgan fingerprint density at radius 2 is 2.00 bits per heavy atom. The van der Waals surface area contributed by atoms with Crippen LogP contribution in [0.1, 0.15) is 30.0 Å². The number of rotatable bonds is 2. The van der Waals surface area contributed by atoms with Gasteiger partial charge in [0.25, 0.3) is 0 Å². The number of benzene rings is 1. The zero-order chi connectivity index (χ0) is 12.7. The molecule has 0 saturated heterocycles. The summed E-state index contributed by atoms with van der Waals surface area (Å²) in [7, 11) is 0. The first-order chi connectivity index (χ1) is 8.65. The number of phenols is 1. The number of aryl methyl sites for hydroxylation is 1. The van der Waals surface area contributed by atoms with E-state index in [1.165, 1.54) is 18.2 Å². The van der Waals surface area contributed by atoms with Crippen molar-refractivity contribution in [1.82, 2.24) is 10.2 Å². The number of aromatic hydroxyl groups is 1. The lowest BCUT2D eigenvalue weighted by atomic mass is 10.0. The van der Waals surface area contributed by atoms with Crippen molar-refractivity contribution in [2.75, 3.05) is 0 Å². The van der Waals surface area contributed by atoms with E-state index in [0.717, 1.165) is 24.1 Å². The molecule has 3 rings (SSSR count). The fraction of sp³-hybridized carbons (Fsp3) is 0.286. The van der Waals surface area contributed by atoms with E-state index in [-0.39, 0.29) is 11.6 Å². The van der Waals surface area contributed by atoms with Crippen LogP contribution in [0.25, 0.3) is 11.3 Å². The van der Waals surface area contributed by atoms with Crippen LogP contribution in [-0.2, 0) is 0 Å². The van der Waals surface area contributed by atoms with Crippen LogP contribution >= 0.6 is 0 Å². The Bertz CT molecular complexity index is 609. The summed E-state index contributed by atoms with van der Waals surface area (Å²) >= 11 is 0. The minimum Gasteiger partial charge on any atom is -0.507 e. The van der Waals surface area contributed by atoms with E-state index in [0.29, 0.717) is 17.2 Å². The van der Waals surface area contributed by atoms with E-state index in [4.69, 9.17) is 0 Å². The van der Waals surface area contributed by atoms with Crippen LogP contribution in [0.3, 0.4) is 0 Å². The first kappa shape index (κ1) is 11.1. The van der Waals surface area contributed by atoms with Gasteiger partial charge in [-0.05, 0) is 55.5 Å². The Kier molecular flexibility index (Phi) is 2.51. The Hall–Kier alpha value is -1.97. The second-order valence-electron chi connectivity index (χ2n) is 4.73. The third-order valence-corrected chi connectivity index (χ3v) is 3.18. The van der Waals surface area contributed by atoms with Gasteiger partial charge in [0.05, 0.1) is 5.69 Å². The minimum absolute atomic E-state index is 0.0384. The van der Waals surface area contributed by atoms with Gasteiger partial charge in [-0.2, -0.15) is 5.10 Å². The Morgan fingerprint density at radius 1 is 1.22 bits per heavy atom. The highest BCUT2D eigenvalue weighted by molar-refractivity contribution is 5.70. The fourth-order valence-corrected chi connectivity index (χ4v) is 2.12. The maximum atomic E-state index is 13.3. The molecule has 0 spiro atoms. The highest BCUT2D eigenvalue weighted by atomic mass is 19.1. The van der Waals surface area contributed by atoms with Gasteiger partial charge >= 0.3 is 0 Å². The molecule has 18 heavy (non-hydrogen) atoms. The van der Waals surface area contributed by atoms with Crippen LogP contribution < -0.4 is 0 Å². The van der Waals surface area contributed by atoms with E-state index >= 15 is 0 Å². The third-order valence-electron chi connectivity index (χ3n) is 3.18. The van der Waals surface area contributed by atoms with Crippen LogP contribution in [0.2, 0.25) is 0 Å². The highest BCUT2D eigenvalue weighted by Crippen LogP contribution is 2.45. The molecule has 0 unspecified atom stereocenters. The number of aromatic nitrogens is 2. The molecule has 0 aliphatic heterocycles. The molecule has 0 amide bonds. The van der Waals surface area contributed by atoms with Crippen molar-refractivity contribution in [2.45, 2.75) is 25.7 Å². The van der Waals surface area contributed by atoms with Gasteiger partial charge in [0, 0.05) is 5.56 Å². The smallest absolute Gasteiger partial charge is 0.125 e. The average Bonchev–Trinajstić information content (AvgIpc) is 3.16. The van der Waals surface area contributed by atoms with Gasteiger partial charge in [-0.3, -0.25) is 0 Å². The van der Waals surface area contributed by atoms with Crippen molar-refractivity contribution in [1.29, 1.82) is 0 Å². The van der Waals surface area contributed by atoms with Gasteiger partial charge in [0.2, 0.25) is 0 Å². The molecule has 0 bridgehead atoms. The van der Waals surface area contributed by atoms with Crippen molar-refractivity contribution < 1.29 is 9.50 Å². The standard InChI is InChI=1S/C14H13FN2O/c1-8-6-11(9-2-3-9)14(17-16-8)12-7-10(15)4-5-13(12)18/h4-7,9,18H,2-3H2,1H3. The van der Waals surface area contributed by atoms with E-state index in [2.05, 4.69) is 10.2 Å². The predicted octanol–water partition coefficient (Wildman–Crippen LogP) is 3.17. The van der Waals surface area contributed by atoms with Gasteiger partial charge in [-0.1, -0.05) is 0 Å². The molecule has 4 heteroatoms. The zero-order valence-corrected chi connectivity index (χ0v) is 10.0. The first-order valence-corrected chi connectivity index (χ1v) is 5.98. The summed E-state index contributed by atoms with van der Waals surface area (Å²) in [4.78, 5) is 0. The third kappa shape index (κ3) is 1.94. The minimum atomic E-state index is -0.382. The maximum Gasteiger partial charge on any atom is 0.125 e. The first-order valence-electron chi connectivity index (χ1n) is 5.98. The zero-order valence-electron chi connectivity index (χ0n) is 10.0. The number of hydrogen-bond donors (Lipinski definition) is 1. The number of nitrogens with zero attached hydrogens (tertiary/aromatic N) is 2. The van der Waals surface area contributed by atoms with Crippen molar-refractivity contribution >= 4 is 0 Å². The van der Waals surface area contributed by atoms with Crippen LogP contribution in [0, 0.1) is 12.7 Å². The lowest BCUT2D eigenvalue weighted by Gasteiger charge is -2.09. The SMILES string of the molecule is Cc1cc(C2CC2)c(-c2cc(F)ccc2O)nn1. The quantitative estimate of drug-likeness (QED) is 0.882. The van der Waals surface area contributed by atoms with Crippen LogP contribution in [-0.4, -0.2) is 15.3 Å². The van der Waals surface area contributed by atoms with E-state index < -0.39 is 0 Å². The van der Waals surface area contributed by atoms with Gasteiger partial charge in [-0.25, -0.2) is 4.39 Å². The van der Waals surface area contributed by atoms with E-state index in [9.17, 15) is 9.50 Å². The Balaban J connectivity index is 2.18. The second kappa shape index (κ2) is 4.05. The summed E-state index contributed by atoms with van der Waals surface area (Å²) in [5.41, 5.74) is 2.92. The molecule has 1 saturated carbocycles. The topological polar surface area (TPSA) is 46.0 Å². The monoisotopic (exact) mass is 244 g/mol. The van der Waals surface area contributed by atoms with Crippen molar-refractivity contribution in [2.24, 2.45) is 0 Å². The summed E-state index contributed by atoms with van der Waals surface area (Å²) in [6.45, 7) is 1.88. The molecule has 1 aromatic carbocycles. The highest BCUT2D eigenvalue weighted by Gasteiger charge is 2.28. The van der Waals surface area contributed by atoms with Crippen molar-refractivity contribution in [3.63, 3.8) is 0 Å². The van der Waals surface area contributed by atoms with Crippen LogP contribution in [0.5, 0.6) is 5.75 Å². The molecule has 2 aromatic rings. The van der Waals surface area contributed by atoms with Crippen LogP contribution in [0.15, 0.2) is 24.3 Å². The van der Waals surface area contributed by atoms with E-state index in [1.54, 1.807) is 0 Å². The molecule has 1 aromatic heterocycles. The summed E-state index contributed by atoms with van der Waals surface area (Å²) in [6.07, 6.45) is 2.24. The molecule has 1 fully saturated rings. The fourth-order valence-electron chi connectivity index (χ4n) is 2.12. The Labute approximate surface area is 104 Å². The normalized spacial score (nSPS) is 14.8. The summed E-state index contributed by atoms with van der Waals surface area (Å²) in [5, 5.41) is 18.0. The number of hydrogen-bond acceptors (Lipinski definition) is 3. The van der Waals surface area contributed by atoms with E-state index in [1.807, 2.05) is 13.0 Å². The number of halogens is 1. The number of phenolic OH excluding ortho intramolecular Hbond substituents is 1. The molecule has 0 radical (unpaired) electrons. The maximum absolute atomic E-state index is 13.3. The lowest BCUT2D eigenvalue weighted by Crippen LogP contribution is -1.97. The predicted molar refractivity (Wildman–Crippen MR) is 65.8 cm³/mol. The molecular formula is C14H13FN2O. The van der Waals surface area contributed by atoms with Crippen LogP contribution in [0.4, 0.5) is 4.39 Å². The molecular weight excluding hydrogens is 231 g/mol. The molecule has 3 nitrogen and oxygen atoms in total. The summed E-state index contributed by atoms with van der Waals surface area (Å²) in [5.74, 6) is 0.125. The molecule has 1 heterocycles. The second-order valence-corrected chi connectivity index (χ2v) is 4.73. The molecule has 92 valence electrons. The molecule has 1 aliphatic carbocycles. The molecule has 1 aliphatic rings. The Morgan fingerprint density at radius 3 is 2.72 bits per heavy atom. The van der Waals surface area contributed by atoms with Gasteiger partial charge in [-0.15, -0.1) is 5.10 Å². The lowest BCUT2D eigenvalue weighted by molar-refractivity contribution is 0.475. The average molecular weight is 244 g/mol. The summed E-state index contributed by atoms with van der Waals surface area (Å²) < 4.78 is 13.3. The molecule has 1 N–H and O–H groups in total. The van der Waals surface area contributed by atoms with Gasteiger partial charge in [0.1, 0.15) is 17.3 Å². The van der Waals surface area contributed by atoms with Crippen molar-refractivity contribution in [3.8, 4) is 17.0 Å².